The van der Waals surface area contributed by atoms with Crippen molar-refractivity contribution in [3.63, 3.8) is 0 Å². The van der Waals surface area contributed by atoms with Crippen LogP contribution in [-0.2, 0) is 14.3 Å². The van der Waals surface area contributed by atoms with Crippen molar-refractivity contribution < 1.29 is 19.4 Å². The van der Waals surface area contributed by atoms with Crippen LogP contribution in [0.15, 0.2) is 23.2 Å². The number of aryl methyl sites for hydroxylation is 2. The summed E-state index contributed by atoms with van der Waals surface area (Å²) in [6.07, 6.45) is 1.70. The Labute approximate surface area is 175 Å². The predicted octanol–water partition coefficient (Wildman–Crippen LogP) is 2.30. The van der Waals surface area contributed by atoms with Crippen molar-refractivity contribution in [1.82, 2.24) is 10.2 Å². The molecule has 2 N–H and O–H groups in total. The molecule has 2 heterocycles. The Balaban J connectivity index is 1.82. The molecule has 1 aromatic rings. The fraction of sp³-hybridized carbons (Fsp3) is 0.571. The maximum absolute atomic E-state index is 13.0. The van der Waals surface area contributed by atoms with Gasteiger partial charge in [-0.15, -0.1) is 0 Å². The lowest BCUT2D eigenvalue weighted by molar-refractivity contribution is -0.130. The molecule has 2 saturated heterocycles. The zero-order valence-corrected chi connectivity index (χ0v) is 18.1. The molecule has 2 amide bonds. The number of aliphatic imine (C=N–C) groups is 1. The summed E-state index contributed by atoms with van der Waals surface area (Å²) >= 11 is 1.32. The third kappa shape index (κ3) is 5.38. The Morgan fingerprint density at radius 2 is 2.10 bits per heavy atom. The Kier molecular flexibility index (Phi) is 6.97. The summed E-state index contributed by atoms with van der Waals surface area (Å²) in [4.78, 5) is 31.2. The van der Waals surface area contributed by atoms with Crippen LogP contribution in [0.4, 0.5) is 5.69 Å². The van der Waals surface area contributed by atoms with Crippen LogP contribution >= 0.6 is 11.8 Å². The van der Waals surface area contributed by atoms with Crippen LogP contribution in [0.2, 0.25) is 0 Å². The minimum Gasteiger partial charge on any atom is -0.390 e. The third-order valence-corrected chi connectivity index (χ3v) is 6.64. The molecule has 0 aliphatic carbocycles. The Hall–Kier alpha value is -1.90. The molecule has 0 saturated carbocycles. The Bertz CT molecular complexity index is 805. The normalized spacial score (nSPS) is 22.9. The minimum absolute atomic E-state index is 0.112. The molecule has 158 valence electrons. The van der Waals surface area contributed by atoms with E-state index in [0.717, 1.165) is 16.8 Å². The zero-order valence-electron chi connectivity index (χ0n) is 17.2. The molecule has 2 fully saturated rings. The minimum atomic E-state index is -0.826. The van der Waals surface area contributed by atoms with E-state index >= 15 is 0 Å². The van der Waals surface area contributed by atoms with E-state index < -0.39 is 10.9 Å². The van der Waals surface area contributed by atoms with Gasteiger partial charge in [-0.05, 0) is 44.7 Å². The zero-order chi connectivity index (χ0) is 21.0. The van der Waals surface area contributed by atoms with Crippen LogP contribution in [0.3, 0.4) is 0 Å². The topological polar surface area (TPSA) is 91.2 Å². The third-order valence-electron chi connectivity index (χ3n) is 5.46. The van der Waals surface area contributed by atoms with Crippen LogP contribution in [-0.4, -0.2) is 64.6 Å². The number of thioether (sulfide) groups is 1. The van der Waals surface area contributed by atoms with Gasteiger partial charge in [-0.2, -0.15) is 0 Å². The predicted molar refractivity (Wildman–Crippen MR) is 114 cm³/mol. The monoisotopic (exact) mass is 419 g/mol. The first-order valence-corrected chi connectivity index (χ1v) is 10.8. The van der Waals surface area contributed by atoms with Crippen LogP contribution in [0.5, 0.6) is 0 Å². The molecular formula is C21H29N3O4S. The molecule has 0 radical (unpaired) electrons. The van der Waals surface area contributed by atoms with Gasteiger partial charge < -0.3 is 15.2 Å². The van der Waals surface area contributed by atoms with E-state index in [1.54, 1.807) is 11.9 Å². The van der Waals surface area contributed by atoms with Gasteiger partial charge in [-0.3, -0.25) is 14.5 Å². The van der Waals surface area contributed by atoms with Gasteiger partial charge in [0.2, 0.25) is 11.8 Å². The van der Waals surface area contributed by atoms with E-state index in [0.29, 0.717) is 44.2 Å². The number of carbonyl (C=O) groups is 2. The number of hydrogen-bond donors (Lipinski definition) is 2. The lowest BCUT2D eigenvalue weighted by Crippen LogP contribution is -2.42. The van der Waals surface area contributed by atoms with Crippen molar-refractivity contribution in [1.29, 1.82) is 0 Å². The highest BCUT2D eigenvalue weighted by atomic mass is 32.2. The largest absolute Gasteiger partial charge is 0.390 e. The van der Waals surface area contributed by atoms with Gasteiger partial charge >= 0.3 is 0 Å². The van der Waals surface area contributed by atoms with Crippen molar-refractivity contribution in [2.24, 2.45) is 4.99 Å². The van der Waals surface area contributed by atoms with E-state index in [-0.39, 0.29) is 18.2 Å². The van der Waals surface area contributed by atoms with Gasteiger partial charge in [0.15, 0.2) is 5.17 Å². The summed E-state index contributed by atoms with van der Waals surface area (Å²) in [6.45, 7) is 5.45. The van der Waals surface area contributed by atoms with E-state index in [9.17, 15) is 14.7 Å². The second kappa shape index (κ2) is 9.28. The summed E-state index contributed by atoms with van der Waals surface area (Å²) in [5, 5.41) is 13.5. The molecule has 1 aromatic carbocycles. The number of nitrogens with zero attached hydrogens (tertiary/aromatic N) is 2. The number of benzene rings is 1. The second-order valence-electron chi connectivity index (χ2n) is 7.74. The molecule has 0 aromatic heterocycles. The summed E-state index contributed by atoms with van der Waals surface area (Å²) < 4.78 is 5.34. The van der Waals surface area contributed by atoms with Gasteiger partial charge in [0.05, 0.1) is 11.3 Å². The van der Waals surface area contributed by atoms with Crippen LogP contribution in [0, 0.1) is 13.8 Å². The number of ether oxygens (including phenoxy) is 1. The fourth-order valence-electron chi connectivity index (χ4n) is 3.56. The SMILES string of the molecule is CNC(=O)CC1SC(=Nc2ccc(C)cc2C)N(CCC2(O)CCOCC2)C1=O. The summed E-state index contributed by atoms with van der Waals surface area (Å²) in [5.41, 5.74) is 2.16. The highest BCUT2D eigenvalue weighted by Crippen LogP contribution is 2.34. The maximum Gasteiger partial charge on any atom is 0.242 e. The highest BCUT2D eigenvalue weighted by Gasteiger charge is 2.40. The van der Waals surface area contributed by atoms with Gasteiger partial charge in [-0.25, -0.2) is 4.99 Å². The molecule has 2 aliphatic heterocycles. The summed E-state index contributed by atoms with van der Waals surface area (Å²) in [7, 11) is 1.57. The molecular weight excluding hydrogens is 390 g/mol. The molecule has 7 nitrogen and oxygen atoms in total. The molecule has 0 spiro atoms. The molecule has 3 rings (SSSR count). The highest BCUT2D eigenvalue weighted by molar-refractivity contribution is 8.15. The number of rotatable bonds is 6. The van der Waals surface area contributed by atoms with Gasteiger partial charge in [0, 0.05) is 33.2 Å². The fourth-order valence-corrected chi connectivity index (χ4v) is 4.73. The smallest absolute Gasteiger partial charge is 0.242 e. The second-order valence-corrected chi connectivity index (χ2v) is 8.91. The van der Waals surface area contributed by atoms with E-state index in [1.165, 1.54) is 11.8 Å². The first kappa shape index (κ1) is 21.8. The van der Waals surface area contributed by atoms with Gasteiger partial charge in [0.1, 0.15) is 5.25 Å². The van der Waals surface area contributed by atoms with Crippen molar-refractivity contribution in [2.45, 2.75) is 50.4 Å². The van der Waals surface area contributed by atoms with E-state index in [1.807, 2.05) is 26.0 Å². The maximum atomic E-state index is 13.0. The molecule has 1 unspecified atom stereocenters. The number of amidine groups is 1. The lowest BCUT2D eigenvalue weighted by Gasteiger charge is -2.33. The average Bonchev–Trinajstić information content (AvgIpc) is 2.97. The number of carbonyl (C=O) groups excluding carboxylic acids is 2. The van der Waals surface area contributed by atoms with Crippen LogP contribution < -0.4 is 5.32 Å². The van der Waals surface area contributed by atoms with E-state index in [4.69, 9.17) is 9.73 Å². The molecule has 0 bridgehead atoms. The van der Waals surface area contributed by atoms with Crippen molar-refractivity contribution >= 4 is 34.4 Å². The average molecular weight is 420 g/mol. The molecule has 29 heavy (non-hydrogen) atoms. The molecule has 2 aliphatic rings. The van der Waals surface area contributed by atoms with Crippen LogP contribution in [0.1, 0.15) is 36.8 Å². The van der Waals surface area contributed by atoms with Crippen molar-refractivity contribution in [3.05, 3.63) is 29.3 Å². The van der Waals surface area contributed by atoms with Crippen LogP contribution in [0.25, 0.3) is 0 Å². The quantitative estimate of drug-likeness (QED) is 0.738. The first-order chi connectivity index (χ1) is 13.8. The summed E-state index contributed by atoms with van der Waals surface area (Å²) in [6, 6.07) is 5.99. The Morgan fingerprint density at radius 3 is 2.76 bits per heavy atom. The van der Waals surface area contributed by atoms with Crippen molar-refractivity contribution in [2.75, 3.05) is 26.8 Å². The number of amides is 2. The molecule has 1 atom stereocenters. The lowest BCUT2D eigenvalue weighted by atomic mass is 9.90. The number of aliphatic hydroxyl groups is 1. The Morgan fingerprint density at radius 1 is 1.38 bits per heavy atom. The van der Waals surface area contributed by atoms with Gasteiger partial charge in [-0.1, -0.05) is 29.5 Å². The standard InChI is InChI=1S/C21H29N3O4S/c1-14-4-5-16(15(2)12-14)23-20-24(9-6-21(27)7-10-28-11-8-21)19(26)17(29-20)13-18(25)22-3/h4-5,12,17,27H,6-11,13H2,1-3H3,(H,22,25). The molecule has 8 heteroatoms. The summed E-state index contributed by atoms with van der Waals surface area (Å²) in [5.74, 6) is -0.301. The number of nitrogens with one attached hydrogen (secondary N) is 1. The number of hydrogen-bond acceptors (Lipinski definition) is 6. The first-order valence-electron chi connectivity index (χ1n) is 9.96. The van der Waals surface area contributed by atoms with Crippen molar-refractivity contribution in [3.8, 4) is 0 Å². The van der Waals surface area contributed by atoms with E-state index in [2.05, 4.69) is 11.4 Å². The van der Waals surface area contributed by atoms with Gasteiger partial charge in [0.25, 0.3) is 0 Å².